The van der Waals surface area contributed by atoms with Gasteiger partial charge in [0.1, 0.15) is 16.5 Å². The molecular formula is C12H17FN2O4S. The van der Waals surface area contributed by atoms with Gasteiger partial charge in [-0.05, 0) is 32.0 Å². The monoisotopic (exact) mass is 304 g/mol. The Balaban J connectivity index is 2.92. The molecule has 1 aromatic rings. The normalized spacial score (nSPS) is 11.5. The molecule has 0 unspecified atom stereocenters. The van der Waals surface area contributed by atoms with Gasteiger partial charge in [-0.15, -0.1) is 0 Å². The van der Waals surface area contributed by atoms with Crippen LogP contribution < -0.4 is 9.88 Å². The second-order valence-corrected chi connectivity index (χ2v) is 6.05. The lowest BCUT2D eigenvalue weighted by molar-refractivity contribution is -0.133. The molecule has 0 saturated carbocycles. The number of carbonyl (C=O) groups excluding carboxylic acids is 1. The van der Waals surface area contributed by atoms with Crippen molar-refractivity contribution in [2.45, 2.75) is 24.8 Å². The first-order chi connectivity index (χ1) is 9.12. The van der Waals surface area contributed by atoms with E-state index in [2.05, 4.69) is 0 Å². The highest BCUT2D eigenvalue weighted by Gasteiger charge is 2.18. The summed E-state index contributed by atoms with van der Waals surface area (Å²) in [5.74, 6) is -1.24. The van der Waals surface area contributed by atoms with Gasteiger partial charge in [0.05, 0.1) is 0 Å². The number of hydrogen-bond acceptors (Lipinski definition) is 4. The van der Waals surface area contributed by atoms with Crippen molar-refractivity contribution in [1.82, 2.24) is 4.90 Å². The number of sulfonamides is 1. The molecule has 0 heterocycles. The van der Waals surface area contributed by atoms with Crippen LogP contribution in [0.1, 0.15) is 13.8 Å². The molecule has 0 aliphatic rings. The van der Waals surface area contributed by atoms with Crippen LogP contribution in [0.25, 0.3) is 0 Å². The highest BCUT2D eigenvalue weighted by atomic mass is 32.2. The Kier molecular flexibility index (Phi) is 5.07. The van der Waals surface area contributed by atoms with Gasteiger partial charge in [0.15, 0.2) is 6.61 Å². The standard InChI is InChI=1S/C12H17FN2O4S/c1-8(2)15(3)12(16)7-19-10-5-4-9(13)6-11(10)20(14,17)18/h4-6,8H,7H2,1-3H3,(H2,14,17,18). The number of primary sulfonamides is 1. The number of nitrogens with two attached hydrogens (primary N) is 1. The molecule has 0 saturated heterocycles. The Bertz CT molecular complexity index is 601. The van der Waals surface area contributed by atoms with E-state index in [0.29, 0.717) is 0 Å². The number of benzene rings is 1. The number of carbonyl (C=O) groups is 1. The fourth-order valence-electron chi connectivity index (χ4n) is 1.35. The molecule has 0 radical (unpaired) electrons. The molecule has 0 fully saturated rings. The van der Waals surface area contributed by atoms with Crippen LogP contribution in [0.2, 0.25) is 0 Å². The van der Waals surface area contributed by atoms with E-state index in [1.807, 2.05) is 13.8 Å². The third-order valence-corrected chi connectivity index (χ3v) is 3.66. The highest BCUT2D eigenvalue weighted by molar-refractivity contribution is 7.89. The minimum absolute atomic E-state index is 0.0166. The number of halogens is 1. The Labute approximate surface area is 117 Å². The molecule has 1 rings (SSSR count). The van der Waals surface area contributed by atoms with Gasteiger partial charge in [-0.3, -0.25) is 4.79 Å². The van der Waals surface area contributed by atoms with Crippen LogP contribution in [0.5, 0.6) is 5.75 Å². The molecule has 0 aliphatic heterocycles. The van der Waals surface area contributed by atoms with E-state index in [-0.39, 0.29) is 24.3 Å². The van der Waals surface area contributed by atoms with E-state index >= 15 is 0 Å². The molecule has 2 N–H and O–H groups in total. The maximum absolute atomic E-state index is 13.1. The minimum atomic E-state index is -4.13. The summed E-state index contributed by atoms with van der Waals surface area (Å²) in [6, 6.07) is 2.89. The molecule has 0 bridgehead atoms. The van der Waals surface area contributed by atoms with Crippen LogP contribution in [-0.2, 0) is 14.8 Å². The minimum Gasteiger partial charge on any atom is -0.482 e. The van der Waals surface area contributed by atoms with E-state index in [9.17, 15) is 17.6 Å². The Morgan fingerprint density at radius 1 is 1.45 bits per heavy atom. The molecule has 112 valence electrons. The first-order valence-corrected chi connectivity index (χ1v) is 7.38. The lowest BCUT2D eigenvalue weighted by Crippen LogP contribution is -2.36. The third-order valence-electron chi connectivity index (χ3n) is 2.73. The van der Waals surface area contributed by atoms with Crippen LogP contribution in [0.4, 0.5) is 4.39 Å². The van der Waals surface area contributed by atoms with Gasteiger partial charge in [0.2, 0.25) is 10.0 Å². The van der Waals surface area contributed by atoms with E-state index in [0.717, 1.165) is 18.2 Å². The predicted molar refractivity (Wildman–Crippen MR) is 71.2 cm³/mol. The van der Waals surface area contributed by atoms with Crippen molar-refractivity contribution in [1.29, 1.82) is 0 Å². The molecule has 20 heavy (non-hydrogen) atoms. The third kappa shape index (κ3) is 4.17. The Morgan fingerprint density at radius 3 is 2.55 bits per heavy atom. The maximum atomic E-state index is 13.1. The zero-order chi connectivity index (χ0) is 15.5. The molecule has 1 amide bonds. The molecule has 0 aromatic heterocycles. The van der Waals surface area contributed by atoms with E-state index in [1.165, 1.54) is 4.90 Å². The lowest BCUT2D eigenvalue weighted by atomic mass is 10.3. The average Bonchev–Trinajstić information content (AvgIpc) is 2.34. The van der Waals surface area contributed by atoms with Gasteiger partial charge in [-0.1, -0.05) is 0 Å². The molecule has 0 spiro atoms. The SMILES string of the molecule is CC(C)N(C)C(=O)COc1ccc(F)cc1S(N)(=O)=O. The quantitative estimate of drug-likeness (QED) is 0.868. The highest BCUT2D eigenvalue weighted by Crippen LogP contribution is 2.23. The van der Waals surface area contributed by atoms with Crippen molar-refractivity contribution in [2.75, 3.05) is 13.7 Å². The maximum Gasteiger partial charge on any atom is 0.260 e. The van der Waals surface area contributed by atoms with Gasteiger partial charge in [-0.2, -0.15) is 0 Å². The summed E-state index contributed by atoms with van der Waals surface area (Å²) in [6.45, 7) is 3.29. The number of rotatable bonds is 5. The summed E-state index contributed by atoms with van der Waals surface area (Å²) >= 11 is 0. The Hall–Kier alpha value is -1.67. The van der Waals surface area contributed by atoms with Crippen molar-refractivity contribution in [3.05, 3.63) is 24.0 Å². The summed E-state index contributed by atoms with van der Waals surface area (Å²) in [6.07, 6.45) is 0. The second-order valence-electron chi connectivity index (χ2n) is 4.52. The number of ether oxygens (including phenoxy) is 1. The fourth-order valence-corrected chi connectivity index (χ4v) is 2.04. The summed E-state index contributed by atoms with van der Waals surface area (Å²) < 4.78 is 40.9. The Morgan fingerprint density at radius 2 is 2.05 bits per heavy atom. The van der Waals surface area contributed by atoms with E-state index in [1.54, 1.807) is 7.05 Å². The van der Waals surface area contributed by atoms with E-state index < -0.39 is 20.7 Å². The topological polar surface area (TPSA) is 89.7 Å². The molecule has 0 atom stereocenters. The molecule has 6 nitrogen and oxygen atoms in total. The van der Waals surface area contributed by atoms with Crippen LogP contribution in [0, 0.1) is 5.82 Å². The van der Waals surface area contributed by atoms with Crippen LogP contribution in [0.3, 0.4) is 0 Å². The largest absolute Gasteiger partial charge is 0.482 e. The molecular weight excluding hydrogens is 287 g/mol. The smallest absolute Gasteiger partial charge is 0.260 e. The molecule has 0 aliphatic carbocycles. The van der Waals surface area contributed by atoms with Gasteiger partial charge < -0.3 is 9.64 Å². The van der Waals surface area contributed by atoms with Crippen LogP contribution in [0.15, 0.2) is 23.1 Å². The van der Waals surface area contributed by atoms with Gasteiger partial charge >= 0.3 is 0 Å². The number of nitrogens with zero attached hydrogens (tertiary/aromatic N) is 1. The number of amides is 1. The van der Waals surface area contributed by atoms with E-state index in [4.69, 9.17) is 9.88 Å². The number of hydrogen-bond donors (Lipinski definition) is 1. The second kappa shape index (κ2) is 6.19. The van der Waals surface area contributed by atoms with Crippen molar-refractivity contribution < 1.29 is 22.3 Å². The van der Waals surface area contributed by atoms with Gasteiger partial charge in [0.25, 0.3) is 5.91 Å². The zero-order valence-corrected chi connectivity index (χ0v) is 12.3. The van der Waals surface area contributed by atoms with Crippen molar-refractivity contribution >= 4 is 15.9 Å². The first-order valence-electron chi connectivity index (χ1n) is 5.83. The summed E-state index contributed by atoms with van der Waals surface area (Å²) in [5, 5.41) is 4.97. The first kappa shape index (κ1) is 16.4. The van der Waals surface area contributed by atoms with Crippen molar-refractivity contribution in [2.24, 2.45) is 5.14 Å². The lowest BCUT2D eigenvalue weighted by Gasteiger charge is -2.21. The predicted octanol–water partition coefficient (Wildman–Crippen LogP) is 0.719. The van der Waals surface area contributed by atoms with Gasteiger partial charge in [0, 0.05) is 13.1 Å². The fraction of sp³-hybridized carbons (Fsp3) is 0.417. The average molecular weight is 304 g/mol. The van der Waals surface area contributed by atoms with Crippen LogP contribution >= 0.6 is 0 Å². The van der Waals surface area contributed by atoms with Crippen molar-refractivity contribution in [3.8, 4) is 5.75 Å². The zero-order valence-electron chi connectivity index (χ0n) is 11.5. The summed E-state index contributed by atoms with van der Waals surface area (Å²) in [5.41, 5.74) is 0. The molecule has 1 aromatic carbocycles. The summed E-state index contributed by atoms with van der Waals surface area (Å²) in [7, 11) is -2.53. The molecule has 8 heteroatoms. The van der Waals surface area contributed by atoms with Crippen molar-refractivity contribution in [3.63, 3.8) is 0 Å². The number of likely N-dealkylation sites (N-methyl/N-ethyl adjacent to an activating group) is 1. The summed E-state index contributed by atoms with van der Waals surface area (Å²) in [4.78, 5) is 12.7. The van der Waals surface area contributed by atoms with Gasteiger partial charge in [-0.25, -0.2) is 17.9 Å². The van der Waals surface area contributed by atoms with Crippen LogP contribution in [-0.4, -0.2) is 38.9 Å².